The van der Waals surface area contributed by atoms with Crippen LogP contribution in [0.2, 0.25) is 5.02 Å². The van der Waals surface area contributed by atoms with E-state index in [9.17, 15) is 14.0 Å². The lowest BCUT2D eigenvalue weighted by molar-refractivity contribution is -0.115. The zero-order valence-corrected chi connectivity index (χ0v) is 24.9. The molecule has 1 amide bonds. The standard InChI is InChI=1S/C34H30ClFN2O6/c1-34(26-12-11-23(35)18-27(26)36)43-30-5-3-4-25(32(30)44-34)21-8-6-20(7-9-21)16-31(39)38-28-13-10-22(33(40)41-2)17-29(28)37-19-24-14-15-42-24/h3-13,17-18,24,37H,14-16,19H2,1-2H3,(H,38,39). The molecule has 1 fully saturated rings. The lowest BCUT2D eigenvalue weighted by Gasteiger charge is -2.27. The van der Waals surface area contributed by atoms with Crippen molar-refractivity contribution in [3.8, 4) is 22.6 Å². The summed E-state index contributed by atoms with van der Waals surface area (Å²) in [5.41, 5.74) is 4.19. The first kappa shape index (κ1) is 29.5. The molecule has 1 saturated heterocycles. The van der Waals surface area contributed by atoms with Crippen molar-refractivity contribution < 1.29 is 32.9 Å². The van der Waals surface area contributed by atoms with Crippen LogP contribution in [0, 0.1) is 5.82 Å². The van der Waals surface area contributed by atoms with Crippen molar-refractivity contribution in [1.82, 2.24) is 0 Å². The highest BCUT2D eigenvalue weighted by atomic mass is 35.5. The summed E-state index contributed by atoms with van der Waals surface area (Å²) in [6.45, 7) is 2.95. The smallest absolute Gasteiger partial charge is 0.337 e. The molecule has 0 aliphatic carbocycles. The van der Waals surface area contributed by atoms with E-state index in [0.29, 0.717) is 35.0 Å². The Bertz CT molecular complexity index is 1730. The minimum absolute atomic E-state index is 0.0917. The Morgan fingerprint density at radius 1 is 1.02 bits per heavy atom. The molecule has 2 atom stereocenters. The number of esters is 1. The number of methoxy groups -OCH3 is 1. The number of benzene rings is 4. The number of nitrogens with one attached hydrogen (secondary N) is 2. The minimum atomic E-state index is -1.36. The van der Waals surface area contributed by atoms with E-state index in [1.165, 1.54) is 13.2 Å². The van der Waals surface area contributed by atoms with Gasteiger partial charge >= 0.3 is 5.97 Å². The lowest BCUT2D eigenvalue weighted by Crippen LogP contribution is -2.33. The van der Waals surface area contributed by atoms with Gasteiger partial charge in [-0.15, -0.1) is 0 Å². The average Bonchev–Trinajstić information content (AvgIpc) is 3.34. The summed E-state index contributed by atoms with van der Waals surface area (Å²) in [6.07, 6.45) is 1.17. The Morgan fingerprint density at radius 3 is 2.52 bits per heavy atom. The highest BCUT2D eigenvalue weighted by molar-refractivity contribution is 6.30. The predicted molar refractivity (Wildman–Crippen MR) is 165 cm³/mol. The molecule has 8 nitrogen and oxygen atoms in total. The molecule has 2 aliphatic rings. The summed E-state index contributed by atoms with van der Waals surface area (Å²) in [4.78, 5) is 25.1. The summed E-state index contributed by atoms with van der Waals surface area (Å²) in [5.74, 6) is -1.57. The number of amides is 1. The van der Waals surface area contributed by atoms with E-state index < -0.39 is 17.6 Å². The van der Waals surface area contributed by atoms with Crippen molar-refractivity contribution in [3.63, 3.8) is 0 Å². The number of anilines is 2. The fourth-order valence-corrected chi connectivity index (χ4v) is 5.38. The number of carbonyl (C=O) groups is 2. The van der Waals surface area contributed by atoms with Gasteiger partial charge in [0.05, 0.1) is 42.1 Å². The monoisotopic (exact) mass is 616 g/mol. The maximum Gasteiger partial charge on any atom is 0.337 e. The zero-order valence-electron chi connectivity index (χ0n) is 24.1. The summed E-state index contributed by atoms with van der Waals surface area (Å²) in [5, 5.41) is 6.51. The molecular formula is C34H30ClFN2O6. The maximum atomic E-state index is 14.8. The van der Waals surface area contributed by atoms with E-state index in [0.717, 1.165) is 29.7 Å². The van der Waals surface area contributed by atoms with Gasteiger partial charge in [0.15, 0.2) is 11.5 Å². The SMILES string of the molecule is COC(=O)c1ccc(NC(=O)Cc2ccc(-c3cccc4c3OC(C)(c3ccc(Cl)cc3F)O4)cc2)c(NCC2CCO2)c1. The van der Waals surface area contributed by atoms with E-state index in [1.54, 1.807) is 43.3 Å². The minimum Gasteiger partial charge on any atom is -0.465 e. The Labute approximate surface area is 259 Å². The Morgan fingerprint density at radius 2 is 1.82 bits per heavy atom. The van der Waals surface area contributed by atoms with Gasteiger partial charge in [-0.3, -0.25) is 4.79 Å². The van der Waals surface area contributed by atoms with Gasteiger partial charge in [0.25, 0.3) is 5.79 Å². The molecule has 2 N–H and O–H groups in total. The van der Waals surface area contributed by atoms with Crippen LogP contribution >= 0.6 is 11.6 Å². The summed E-state index contributed by atoms with van der Waals surface area (Å²) in [7, 11) is 1.32. The number of halogens is 2. The van der Waals surface area contributed by atoms with Crippen molar-refractivity contribution in [1.29, 1.82) is 0 Å². The summed E-state index contributed by atoms with van der Waals surface area (Å²) < 4.78 is 37.4. The predicted octanol–water partition coefficient (Wildman–Crippen LogP) is 6.96. The van der Waals surface area contributed by atoms with Crippen LogP contribution in [0.25, 0.3) is 11.1 Å². The quantitative estimate of drug-likeness (QED) is 0.196. The van der Waals surface area contributed by atoms with Gasteiger partial charge in [0.2, 0.25) is 5.91 Å². The number of rotatable bonds is 9. The van der Waals surface area contributed by atoms with Gasteiger partial charge in [-0.25, -0.2) is 9.18 Å². The first-order valence-electron chi connectivity index (χ1n) is 14.2. The van der Waals surface area contributed by atoms with Gasteiger partial charge in [0.1, 0.15) is 5.82 Å². The first-order valence-corrected chi connectivity index (χ1v) is 14.5. The Balaban J connectivity index is 1.15. The molecule has 2 heterocycles. The van der Waals surface area contributed by atoms with Crippen molar-refractivity contribution in [2.75, 3.05) is 30.9 Å². The number of hydrogen-bond donors (Lipinski definition) is 2. The summed E-state index contributed by atoms with van der Waals surface area (Å²) >= 11 is 5.94. The third-order valence-corrected chi connectivity index (χ3v) is 7.89. The van der Waals surface area contributed by atoms with Crippen LogP contribution in [0.5, 0.6) is 11.5 Å². The van der Waals surface area contributed by atoms with Gasteiger partial charge in [0, 0.05) is 30.7 Å². The van der Waals surface area contributed by atoms with Gasteiger partial charge in [-0.2, -0.15) is 0 Å². The second-order valence-corrected chi connectivity index (χ2v) is 11.2. The topological polar surface area (TPSA) is 95.1 Å². The first-order chi connectivity index (χ1) is 21.2. The fraction of sp³-hybridized carbons (Fsp3) is 0.235. The normalized spacial score (nSPS) is 18.3. The molecule has 0 aromatic heterocycles. The second-order valence-electron chi connectivity index (χ2n) is 10.7. The zero-order chi connectivity index (χ0) is 30.8. The number of carbonyl (C=O) groups excluding carboxylic acids is 2. The van der Waals surface area contributed by atoms with Crippen LogP contribution in [-0.4, -0.2) is 38.2 Å². The van der Waals surface area contributed by atoms with Gasteiger partial charge in [-0.1, -0.05) is 48.0 Å². The molecule has 10 heteroatoms. The largest absolute Gasteiger partial charge is 0.465 e. The molecule has 4 aromatic carbocycles. The molecule has 0 radical (unpaired) electrons. The number of hydrogen-bond acceptors (Lipinski definition) is 7. The Kier molecular flexibility index (Phi) is 8.16. The molecule has 0 saturated carbocycles. The van der Waals surface area contributed by atoms with Gasteiger partial charge in [-0.05, 0) is 60.0 Å². The van der Waals surface area contributed by atoms with Crippen LogP contribution < -0.4 is 20.1 Å². The van der Waals surface area contributed by atoms with Gasteiger partial charge < -0.3 is 29.6 Å². The van der Waals surface area contributed by atoms with E-state index in [1.807, 2.05) is 36.4 Å². The average molecular weight is 617 g/mol. The van der Waals surface area contributed by atoms with Crippen LogP contribution in [0.1, 0.15) is 34.8 Å². The van der Waals surface area contributed by atoms with Crippen LogP contribution in [0.15, 0.2) is 78.9 Å². The lowest BCUT2D eigenvalue weighted by atomic mass is 10.0. The third kappa shape index (κ3) is 6.06. The molecular weight excluding hydrogens is 587 g/mol. The summed E-state index contributed by atoms with van der Waals surface area (Å²) in [6, 6.07) is 22.4. The van der Waals surface area contributed by atoms with Crippen molar-refractivity contribution >= 4 is 34.9 Å². The molecule has 2 unspecified atom stereocenters. The maximum absolute atomic E-state index is 14.8. The highest BCUT2D eigenvalue weighted by Crippen LogP contribution is 2.49. The molecule has 2 aliphatic heterocycles. The van der Waals surface area contributed by atoms with Crippen molar-refractivity contribution in [3.05, 3.63) is 106 Å². The van der Waals surface area contributed by atoms with Crippen LogP contribution in [-0.2, 0) is 26.5 Å². The number of ether oxygens (including phenoxy) is 4. The van der Waals surface area contributed by atoms with Crippen molar-refractivity contribution in [2.45, 2.75) is 31.7 Å². The molecule has 4 aromatic rings. The molecule has 226 valence electrons. The molecule has 6 rings (SSSR count). The molecule has 44 heavy (non-hydrogen) atoms. The Hall–Kier alpha value is -4.60. The van der Waals surface area contributed by atoms with E-state index in [-0.39, 0.29) is 29.0 Å². The number of para-hydroxylation sites is 1. The van der Waals surface area contributed by atoms with Crippen LogP contribution in [0.3, 0.4) is 0 Å². The van der Waals surface area contributed by atoms with Crippen LogP contribution in [0.4, 0.5) is 15.8 Å². The second kappa shape index (κ2) is 12.2. The van der Waals surface area contributed by atoms with E-state index >= 15 is 0 Å². The fourth-order valence-electron chi connectivity index (χ4n) is 5.22. The number of fused-ring (bicyclic) bond motifs is 1. The van der Waals surface area contributed by atoms with E-state index in [2.05, 4.69) is 10.6 Å². The third-order valence-electron chi connectivity index (χ3n) is 7.66. The highest BCUT2D eigenvalue weighted by Gasteiger charge is 2.42. The molecule has 0 bridgehead atoms. The molecule has 0 spiro atoms. The van der Waals surface area contributed by atoms with E-state index in [4.69, 9.17) is 30.5 Å². The van der Waals surface area contributed by atoms with Crippen molar-refractivity contribution in [2.24, 2.45) is 0 Å².